The highest BCUT2D eigenvalue weighted by Gasteiger charge is 2.36. The van der Waals surface area contributed by atoms with E-state index in [0.717, 1.165) is 17.7 Å². The lowest BCUT2D eigenvalue weighted by Gasteiger charge is -2.28. The van der Waals surface area contributed by atoms with Crippen LogP contribution in [-0.4, -0.2) is 33.0 Å². The average Bonchev–Trinajstić information content (AvgIpc) is 2.89. The summed E-state index contributed by atoms with van der Waals surface area (Å²) in [6.07, 6.45) is -0.785. The zero-order valence-electron chi connectivity index (χ0n) is 14.8. The van der Waals surface area contributed by atoms with Gasteiger partial charge in [-0.1, -0.05) is 51.1 Å². The summed E-state index contributed by atoms with van der Waals surface area (Å²) in [5, 5.41) is 21.6. The maximum Gasteiger partial charge on any atom is 0.408 e. The second kappa shape index (κ2) is 7.81. The van der Waals surface area contributed by atoms with Crippen LogP contribution in [0.15, 0.2) is 42.5 Å². The molecule has 0 unspecified atom stereocenters. The lowest BCUT2D eigenvalue weighted by molar-refractivity contribution is -0.150. The van der Waals surface area contributed by atoms with Crippen molar-refractivity contribution in [2.75, 3.05) is 0 Å². The van der Waals surface area contributed by atoms with E-state index in [4.69, 9.17) is 9.57 Å². The van der Waals surface area contributed by atoms with E-state index in [-0.39, 0.29) is 6.61 Å². The normalized spacial score (nSPS) is 12.3. The molecule has 2 rings (SSSR count). The first-order valence-electron chi connectivity index (χ1n) is 7.97. The van der Waals surface area contributed by atoms with Crippen LogP contribution >= 0.6 is 0 Å². The minimum absolute atomic E-state index is 0.0533. The smallest absolute Gasteiger partial charge is 0.408 e. The summed E-state index contributed by atoms with van der Waals surface area (Å²) in [5.74, 6) is -1.76. The molecular formula is C18H22N2O6. The van der Waals surface area contributed by atoms with Crippen molar-refractivity contribution in [3.05, 3.63) is 48.0 Å². The van der Waals surface area contributed by atoms with Gasteiger partial charge < -0.3 is 25.1 Å². The fourth-order valence-electron chi connectivity index (χ4n) is 2.15. The van der Waals surface area contributed by atoms with E-state index in [1.165, 1.54) is 0 Å². The molecule has 1 atom stereocenters. The average molecular weight is 362 g/mol. The second-order valence-electron chi connectivity index (χ2n) is 6.76. The largest absolute Gasteiger partial charge is 0.492 e. The Morgan fingerprint density at radius 1 is 1.08 bits per heavy atom. The molecule has 1 aromatic carbocycles. The molecular weight excluding hydrogens is 340 g/mol. The molecule has 1 heterocycles. The van der Waals surface area contributed by atoms with Crippen molar-refractivity contribution in [1.29, 1.82) is 0 Å². The zero-order valence-corrected chi connectivity index (χ0v) is 14.8. The summed E-state index contributed by atoms with van der Waals surface area (Å²) < 4.78 is 5.69. The number of carbonyl (C=O) groups is 2. The van der Waals surface area contributed by atoms with Gasteiger partial charge in [-0.3, -0.25) is 0 Å². The number of carbonyl (C=O) groups excluding carboxylic acids is 2. The zero-order chi connectivity index (χ0) is 19.3. The van der Waals surface area contributed by atoms with E-state index in [2.05, 4.69) is 5.32 Å². The van der Waals surface area contributed by atoms with Gasteiger partial charge in [0.25, 0.3) is 0 Å². The van der Waals surface area contributed by atoms with Crippen LogP contribution in [0.3, 0.4) is 0 Å². The van der Waals surface area contributed by atoms with Gasteiger partial charge in [0.1, 0.15) is 12.6 Å². The molecule has 1 amide bonds. The summed E-state index contributed by atoms with van der Waals surface area (Å²) >= 11 is 0. The first-order chi connectivity index (χ1) is 12.2. The molecule has 8 nitrogen and oxygen atoms in total. The highest BCUT2D eigenvalue weighted by atomic mass is 16.7. The molecule has 0 radical (unpaired) electrons. The van der Waals surface area contributed by atoms with Crippen molar-refractivity contribution in [3.63, 3.8) is 0 Å². The predicted molar refractivity (Wildman–Crippen MR) is 92.4 cm³/mol. The van der Waals surface area contributed by atoms with Crippen molar-refractivity contribution in [2.24, 2.45) is 5.41 Å². The van der Waals surface area contributed by atoms with Crippen LogP contribution in [0.4, 0.5) is 4.79 Å². The van der Waals surface area contributed by atoms with E-state index >= 15 is 0 Å². The third kappa shape index (κ3) is 4.92. The molecule has 8 heteroatoms. The molecule has 0 fully saturated rings. The minimum Gasteiger partial charge on any atom is -0.492 e. The SMILES string of the molecule is CC(C)(C)[C@H](NC(=O)OCc1ccccc1)C(=O)On1c(O)ccc1O. The highest BCUT2D eigenvalue weighted by Crippen LogP contribution is 2.23. The van der Waals surface area contributed by atoms with Gasteiger partial charge in [-0.05, 0) is 11.0 Å². The van der Waals surface area contributed by atoms with Gasteiger partial charge in [0.15, 0.2) is 0 Å². The molecule has 3 N–H and O–H groups in total. The maximum atomic E-state index is 12.4. The summed E-state index contributed by atoms with van der Waals surface area (Å²) in [7, 11) is 0. The monoisotopic (exact) mass is 362 g/mol. The number of hydrogen-bond acceptors (Lipinski definition) is 6. The predicted octanol–water partition coefficient (Wildman–Crippen LogP) is 2.20. The van der Waals surface area contributed by atoms with E-state index in [0.29, 0.717) is 4.73 Å². The topological polar surface area (TPSA) is 110 Å². The molecule has 26 heavy (non-hydrogen) atoms. The molecule has 0 spiro atoms. The van der Waals surface area contributed by atoms with Gasteiger partial charge in [-0.25, -0.2) is 9.59 Å². The molecule has 1 aromatic heterocycles. The van der Waals surface area contributed by atoms with Crippen LogP contribution in [0, 0.1) is 5.41 Å². The van der Waals surface area contributed by atoms with Crippen LogP contribution in [0.25, 0.3) is 0 Å². The van der Waals surface area contributed by atoms with Crippen molar-refractivity contribution < 1.29 is 29.4 Å². The molecule has 140 valence electrons. The van der Waals surface area contributed by atoms with E-state index < -0.39 is 35.3 Å². The third-order valence-corrected chi connectivity index (χ3v) is 3.56. The Morgan fingerprint density at radius 3 is 2.19 bits per heavy atom. The highest BCUT2D eigenvalue weighted by molar-refractivity contribution is 5.82. The summed E-state index contributed by atoms with van der Waals surface area (Å²) in [6.45, 7) is 5.24. The number of aromatic nitrogens is 1. The van der Waals surface area contributed by atoms with Crippen molar-refractivity contribution in [3.8, 4) is 11.8 Å². The van der Waals surface area contributed by atoms with Gasteiger partial charge in [0.2, 0.25) is 11.8 Å². The molecule has 0 bridgehead atoms. The minimum atomic E-state index is -1.08. The Morgan fingerprint density at radius 2 is 1.65 bits per heavy atom. The van der Waals surface area contributed by atoms with Crippen LogP contribution in [0.1, 0.15) is 26.3 Å². The molecule has 0 aliphatic rings. The Hall–Kier alpha value is -3.16. The molecule has 0 aliphatic carbocycles. The molecule has 0 saturated carbocycles. The van der Waals surface area contributed by atoms with Gasteiger partial charge in [-0.15, -0.1) is 4.73 Å². The Balaban J connectivity index is 2.02. The number of nitrogens with zero attached hydrogens (tertiary/aromatic N) is 1. The van der Waals surface area contributed by atoms with Crippen LogP contribution in [0.5, 0.6) is 11.8 Å². The number of amides is 1. The van der Waals surface area contributed by atoms with Crippen LogP contribution in [0.2, 0.25) is 0 Å². The first kappa shape index (κ1) is 19.2. The first-order valence-corrected chi connectivity index (χ1v) is 7.97. The number of nitrogens with one attached hydrogen (secondary N) is 1. The quantitative estimate of drug-likeness (QED) is 0.752. The standard InChI is InChI=1S/C18H22N2O6/c1-18(2,3)15(16(23)26-20-13(21)9-10-14(20)22)19-17(24)25-11-12-7-5-4-6-8-12/h4-10,15,21-22H,11H2,1-3H3,(H,19,24)/t15-/m1/s1. The summed E-state index contributed by atoms with van der Waals surface area (Å²) in [4.78, 5) is 29.5. The number of alkyl carbamates (subject to hydrolysis) is 1. The lowest BCUT2D eigenvalue weighted by Crippen LogP contribution is -2.52. The van der Waals surface area contributed by atoms with Gasteiger partial charge in [-0.2, -0.15) is 0 Å². The summed E-state index contributed by atoms with van der Waals surface area (Å²) in [5.41, 5.74) is 0.0982. The molecule has 0 aliphatic heterocycles. The fraction of sp³-hybridized carbons (Fsp3) is 0.333. The Kier molecular flexibility index (Phi) is 5.76. The van der Waals surface area contributed by atoms with Crippen molar-refractivity contribution >= 4 is 12.1 Å². The van der Waals surface area contributed by atoms with E-state index in [1.807, 2.05) is 18.2 Å². The summed E-state index contributed by atoms with van der Waals surface area (Å²) in [6, 6.07) is 10.4. The Bertz CT molecular complexity index is 744. The van der Waals surface area contributed by atoms with Crippen molar-refractivity contribution in [1.82, 2.24) is 10.0 Å². The molecule has 2 aromatic rings. The number of hydrogen-bond donors (Lipinski definition) is 3. The number of aromatic hydroxyl groups is 2. The van der Waals surface area contributed by atoms with Gasteiger partial charge in [0.05, 0.1) is 0 Å². The van der Waals surface area contributed by atoms with Crippen LogP contribution in [-0.2, 0) is 16.1 Å². The van der Waals surface area contributed by atoms with E-state index in [1.54, 1.807) is 32.9 Å². The maximum absolute atomic E-state index is 12.4. The second-order valence-corrected chi connectivity index (χ2v) is 6.76. The number of ether oxygens (including phenoxy) is 1. The van der Waals surface area contributed by atoms with Gasteiger partial charge >= 0.3 is 12.1 Å². The number of rotatable bonds is 5. The van der Waals surface area contributed by atoms with Gasteiger partial charge in [0, 0.05) is 12.1 Å². The van der Waals surface area contributed by atoms with E-state index in [9.17, 15) is 19.8 Å². The third-order valence-electron chi connectivity index (χ3n) is 3.56. The van der Waals surface area contributed by atoms with Crippen LogP contribution < -0.4 is 10.2 Å². The fourth-order valence-corrected chi connectivity index (χ4v) is 2.15. The van der Waals surface area contributed by atoms with Crippen molar-refractivity contribution in [2.45, 2.75) is 33.4 Å². The molecule has 0 saturated heterocycles. The Labute approximate surface area is 150 Å². The number of benzene rings is 1. The lowest BCUT2D eigenvalue weighted by atomic mass is 9.87.